The second-order valence-electron chi connectivity index (χ2n) is 5.66. The van der Waals surface area contributed by atoms with Crippen LogP contribution in [0.15, 0.2) is 36.5 Å². The number of para-hydroxylation sites is 2. The van der Waals surface area contributed by atoms with Crippen LogP contribution in [0.2, 0.25) is 0 Å². The van der Waals surface area contributed by atoms with Gasteiger partial charge in [0.2, 0.25) is 5.95 Å². The molecule has 2 heterocycles. The van der Waals surface area contributed by atoms with Gasteiger partial charge in [-0.3, -0.25) is 4.79 Å². The first kappa shape index (κ1) is 17.2. The number of ether oxygens (including phenoxy) is 2. The van der Waals surface area contributed by atoms with E-state index in [2.05, 4.69) is 20.6 Å². The van der Waals surface area contributed by atoms with Gasteiger partial charge in [-0.05, 0) is 38.0 Å². The number of nitrogens with zero attached hydrogens (tertiary/aromatic N) is 2. The van der Waals surface area contributed by atoms with Gasteiger partial charge in [0.15, 0.2) is 0 Å². The van der Waals surface area contributed by atoms with Crippen LogP contribution in [0.5, 0.6) is 5.75 Å². The lowest BCUT2D eigenvalue weighted by Crippen LogP contribution is -2.21. The summed E-state index contributed by atoms with van der Waals surface area (Å²) in [7, 11) is 0. The Balaban J connectivity index is 1.65. The Morgan fingerprint density at radius 1 is 1.36 bits per heavy atom. The molecule has 0 bridgehead atoms. The van der Waals surface area contributed by atoms with Gasteiger partial charge < -0.3 is 20.1 Å². The lowest BCUT2D eigenvalue weighted by atomic mass is 10.2. The maximum Gasteiger partial charge on any atom is 0.274 e. The van der Waals surface area contributed by atoms with Crippen molar-refractivity contribution in [1.29, 1.82) is 0 Å². The molecular formula is C18H22N4O3. The van der Waals surface area contributed by atoms with Crippen LogP contribution in [0.3, 0.4) is 0 Å². The second kappa shape index (κ2) is 8.43. The number of carbonyl (C=O) groups is 1. The normalized spacial score (nSPS) is 16.4. The molecule has 25 heavy (non-hydrogen) atoms. The number of rotatable bonds is 7. The van der Waals surface area contributed by atoms with Gasteiger partial charge in [-0.1, -0.05) is 12.1 Å². The molecule has 0 radical (unpaired) electrons. The van der Waals surface area contributed by atoms with Gasteiger partial charge in [0.25, 0.3) is 5.91 Å². The number of anilines is 2. The molecule has 1 unspecified atom stereocenters. The number of hydrogen-bond acceptors (Lipinski definition) is 6. The second-order valence-corrected chi connectivity index (χ2v) is 5.66. The number of hydrogen-bond donors (Lipinski definition) is 2. The van der Waals surface area contributed by atoms with E-state index in [9.17, 15) is 4.79 Å². The van der Waals surface area contributed by atoms with Crippen molar-refractivity contribution in [1.82, 2.24) is 9.97 Å². The van der Waals surface area contributed by atoms with Crippen LogP contribution < -0.4 is 15.4 Å². The van der Waals surface area contributed by atoms with E-state index in [-0.39, 0.29) is 17.7 Å². The summed E-state index contributed by atoms with van der Waals surface area (Å²) >= 11 is 0. The Hall–Kier alpha value is -2.67. The first-order chi connectivity index (χ1) is 12.3. The summed E-state index contributed by atoms with van der Waals surface area (Å²) in [5, 5.41) is 5.95. The average Bonchev–Trinajstić information content (AvgIpc) is 3.16. The summed E-state index contributed by atoms with van der Waals surface area (Å²) in [5.41, 5.74) is 0.901. The van der Waals surface area contributed by atoms with Crippen molar-refractivity contribution < 1.29 is 14.3 Å². The van der Waals surface area contributed by atoms with Gasteiger partial charge in [0.05, 0.1) is 18.4 Å². The van der Waals surface area contributed by atoms with Crippen molar-refractivity contribution in [2.45, 2.75) is 25.9 Å². The SMILES string of the molecule is CCOc1ccccc1NC(=O)c1ccnc(NCC2CCCO2)n1. The molecule has 2 aromatic rings. The topological polar surface area (TPSA) is 85.4 Å². The summed E-state index contributed by atoms with van der Waals surface area (Å²) in [6, 6.07) is 8.88. The maximum atomic E-state index is 12.5. The molecule has 0 saturated carbocycles. The largest absolute Gasteiger partial charge is 0.492 e. The van der Waals surface area contributed by atoms with E-state index in [4.69, 9.17) is 9.47 Å². The Morgan fingerprint density at radius 2 is 2.24 bits per heavy atom. The molecule has 2 N–H and O–H groups in total. The van der Waals surface area contributed by atoms with Crippen molar-refractivity contribution in [3.63, 3.8) is 0 Å². The number of aromatic nitrogens is 2. The van der Waals surface area contributed by atoms with Crippen molar-refractivity contribution in [3.8, 4) is 5.75 Å². The molecule has 1 fully saturated rings. The van der Waals surface area contributed by atoms with Crippen LogP contribution in [0.25, 0.3) is 0 Å². The fraction of sp³-hybridized carbons (Fsp3) is 0.389. The van der Waals surface area contributed by atoms with Crippen molar-refractivity contribution in [3.05, 3.63) is 42.2 Å². The molecule has 0 spiro atoms. The highest BCUT2D eigenvalue weighted by atomic mass is 16.5. The number of benzene rings is 1. The summed E-state index contributed by atoms with van der Waals surface area (Å²) in [4.78, 5) is 20.9. The Kier molecular flexibility index (Phi) is 5.79. The summed E-state index contributed by atoms with van der Waals surface area (Å²) in [5.74, 6) is 0.736. The Morgan fingerprint density at radius 3 is 3.04 bits per heavy atom. The third-order valence-electron chi connectivity index (χ3n) is 3.84. The van der Waals surface area contributed by atoms with Crippen LogP contribution in [0.1, 0.15) is 30.3 Å². The predicted octanol–water partition coefficient (Wildman–Crippen LogP) is 2.72. The van der Waals surface area contributed by atoms with E-state index < -0.39 is 0 Å². The number of amides is 1. The highest BCUT2D eigenvalue weighted by Gasteiger charge is 2.16. The molecule has 1 atom stereocenters. The maximum absolute atomic E-state index is 12.5. The molecule has 132 valence electrons. The first-order valence-electron chi connectivity index (χ1n) is 8.48. The molecule has 3 rings (SSSR count). The van der Waals surface area contributed by atoms with E-state index in [1.165, 1.54) is 0 Å². The van der Waals surface area contributed by atoms with Crippen LogP contribution >= 0.6 is 0 Å². The van der Waals surface area contributed by atoms with Crippen molar-refractivity contribution in [2.75, 3.05) is 30.4 Å². The van der Waals surface area contributed by atoms with E-state index in [0.717, 1.165) is 19.4 Å². The third-order valence-corrected chi connectivity index (χ3v) is 3.84. The number of carbonyl (C=O) groups excluding carboxylic acids is 1. The summed E-state index contributed by atoms with van der Waals surface area (Å²) in [6.45, 7) is 3.86. The fourth-order valence-electron chi connectivity index (χ4n) is 2.62. The van der Waals surface area contributed by atoms with Gasteiger partial charge >= 0.3 is 0 Å². The minimum Gasteiger partial charge on any atom is -0.492 e. The van der Waals surface area contributed by atoms with Gasteiger partial charge in [-0.2, -0.15) is 0 Å². The highest BCUT2D eigenvalue weighted by molar-refractivity contribution is 6.03. The summed E-state index contributed by atoms with van der Waals surface area (Å²) in [6.07, 6.45) is 3.85. The zero-order chi connectivity index (χ0) is 17.5. The Bertz CT molecular complexity index is 717. The quantitative estimate of drug-likeness (QED) is 0.805. The van der Waals surface area contributed by atoms with Gasteiger partial charge in [0.1, 0.15) is 11.4 Å². The predicted molar refractivity (Wildman–Crippen MR) is 95.1 cm³/mol. The highest BCUT2D eigenvalue weighted by Crippen LogP contribution is 2.24. The lowest BCUT2D eigenvalue weighted by molar-refractivity contribution is 0.102. The molecular weight excluding hydrogens is 320 g/mol. The average molecular weight is 342 g/mol. The molecule has 7 heteroatoms. The standard InChI is InChI=1S/C18H22N4O3/c1-2-24-16-8-4-3-7-14(16)21-17(23)15-9-10-19-18(22-15)20-12-13-6-5-11-25-13/h3-4,7-10,13H,2,5-6,11-12H2,1H3,(H,21,23)(H,19,20,22). The van der Waals surface area contributed by atoms with Gasteiger partial charge in [-0.25, -0.2) is 9.97 Å². The summed E-state index contributed by atoms with van der Waals surface area (Å²) < 4.78 is 11.1. The van der Waals surface area contributed by atoms with Gasteiger partial charge in [-0.15, -0.1) is 0 Å². The lowest BCUT2D eigenvalue weighted by Gasteiger charge is -2.12. The Labute approximate surface area is 146 Å². The van der Waals surface area contributed by atoms with Crippen molar-refractivity contribution in [2.24, 2.45) is 0 Å². The van der Waals surface area contributed by atoms with E-state index in [0.29, 0.717) is 30.5 Å². The third kappa shape index (κ3) is 4.67. The number of nitrogens with one attached hydrogen (secondary N) is 2. The molecule has 1 aromatic heterocycles. The zero-order valence-electron chi connectivity index (χ0n) is 14.2. The first-order valence-corrected chi connectivity index (χ1v) is 8.48. The minimum absolute atomic E-state index is 0.180. The van der Waals surface area contributed by atoms with Crippen LogP contribution in [-0.2, 0) is 4.74 Å². The molecule has 0 aliphatic carbocycles. The van der Waals surface area contributed by atoms with Gasteiger partial charge in [0, 0.05) is 19.3 Å². The monoisotopic (exact) mass is 342 g/mol. The molecule has 1 aliphatic rings. The zero-order valence-corrected chi connectivity index (χ0v) is 14.2. The van der Waals surface area contributed by atoms with Crippen LogP contribution in [0.4, 0.5) is 11.6 Å². The smallest absolute Gasteiger partial charge is 0.274 e. The van der Waals surface area contributed by atoms with Crippen molar-refractivity contribution >= 4 is 17.5 Å². The molecule has 1 aromatic carbocycles. The molecule has 1 amide bonds. The van der Waals surface area contributed by atoms with Crippen LogP contribution in [0, 0.1) is 0 Å². The molecule has 7 nitrogen and oxygen atoms in total. The van der Waals surface area contributed by atoms with E-state index in [1.807, 2.05) is 25.1 Å². The van der Waals surface area contributed by atoms with Crippen LogP contribution in [-0.4, -0.2) is 41.7 Å². The molecule has 1 saturated heterocycles. The minimum atomic E-state index is -0.310. The van der Waals surface area contributed by atoms with E-state index >= 15 is 0 Å². The molecule has 1 aliphatic heterocycles. The van der Waals surface area contributed by atoms with E-state index in [1.54, 1.807) is 18.3 Å². The fourth-order valence-corrected chi connectivity index (χ4v) is 2.62.